The molecule has 2 aliphatic carbocycles. The Hall–Kier alpha value is -1.88. The molecule has 2 atom stereocenters. The molecule has 2 saturated carbocycles. The third kappa shape index (κ3) is 4.82. The van der Waals surface area contributed by atoms with Crippen LogP contribution < -0.4 is 16.4 Å². The zero-order chi connectivity index (χ0) is 17.6. The predicted octanol–water partition coefficient (Wildman–Crippen LogP) is 1.96. The molecule has 4 N–H and O–H groups in total. The SMILES string of the molecule is NC1C2CCCC1CC(C(=O)NCCC(=O)NCc1ccccc1)C2. The molecule has 25 heavy (non-hydrogen) atoms. The van der Waals surface area contributed by atoms with Gasteiger partial charge in [-0.3, -0.25) is 9.59 Å². The first-order valence-corrected chi connectivity index (χ1v) is 9.47. The van der Waals surface area contributed by atoms with Crippen LogP contribution >= 0.6 is 0 Å². The van der Waals surface area contributed by atoms with Gasteiger partial charge in [-0.15, -0.1) is 0 Å². The van der Waals surface area contributed by atoms with Crippen molar-refractivity contribution in [2.45, 2.75) is 51.1 Å². The number of hydrogen-bond acceptors (Lipinski definition) is 3. The number of amides is 2. The van der Waals surface area contributed by atoms with Gasteiger partial charge in [0, 0.05) is 31.5 Å². The van der Waals surface area contributed by atoms with E-state index in [9.17, 15) is 9.59 Å². The number of nitrogens with one attached hydrogen (secondary N) is 2. The largest absolute Gasteiger partial charge is 0.355 e. The molecule has 0 spiro atoms. The maximum absolute atomic E-state index is 12.4. The van der Waals surface area contributed by atoms with E-state index in [2.05, 4.69) is 10.6 Å². The van der Waals surface area contributed by atoms with Crippen LogP contribution in [0.15, 0.2) is 30.3 Å². The van der Waals surface area contributed by atoms with Crippen molar-refractivity contribution >= 4 is 11.8 Å². The minimum atomic E-state index is -0.0355. The third-order valence-corrected chi connectivity index (χ3v) is 5.77. The number of carbonyl (C=O) groups is 2. The Balaban J connectivity index is 1.36. The van der Waals surface area contributed by atoms with Crippen LogP contribution in [-0.4, -0.2) is 24.4 Å². The number of nitrogens with two attached hydrogens (primary N) is 1. The summed E-state index contributed by atoms with van der Waals surface area (Å²) in [6.07, 6.45) is 5.69. The molecule has 5 nitrogen and oxygen atoms in total. The van der Waals surface area contributed by atoms with Gasteiger partial charge >= 0.3 is 0 Å². The molecule has 0 aromatic heterocycles. The predicted molar refractivity (Wildman–Crippen MR) is 97.4 cm³/mol. The zero-order valence-electron chi connectivity index (χ0n) is 14.7. The van der Waals surface area contributed by atoms with Crippen molar-refractivity contribution in [1.29, 1.82) is 0 Å². The summed E-state index contributed by atoms with van der Waals surface area (Å²) in [5, 5.41) is 5.83. The lowest BCUT2D eigenvalue weighted by molar-refractivity contribution is -0.128. The molecule has 2 fully saturated rings. The Morgan fingerprint density at radius 3 is 2.40 bits per heavy atom. The highest BCUT2D eigenvalue weighted by atomic mass is 16.2. The molecule has 5 heteroatoms. The third-order valence-electron chi connectivity index (χ3n) is 5.77. The second-order valence-corrected chi connectivity index (χ2v) is 7.50. The lowest BCUT2D eigenvalue weighted by atomic mass is 9.65. The van der Waals surface area contributed by atoms with Crippen LogP contribution in [0.3, 0.4) is 0 Å². The van der Waals surface area contributed by atoms with E-state index in [0.29, 0.717) is 31.3 Å². The molecule has 1 aromatic carbocycles. The van der Waals surface area contributed by atoms with Crippen LogP contribution in [0.25, 0.3) is 0 Å². The average molecular weight is 343 g/mol. The summed E-state index contributed by atoms with van der Waals surface area (Å²) in [7, 11) is 0. The summed E-state index contributed by atoms with van der Waals surface area (Å²) in [4.78, 5) is 24.3. The number of carbonyl (C=O) groups excluding carboxylic acids is 2. The second kappa shape index (κ2) is 8.48. The van der Waals surface area contributed by atoms with Crippen molar-refractivity contribution in [3.63, 3.8) is 0 Å². The van der Waals surface area contributed by atoms with E-state index in [4.69, 9.17) is 5.73 Å². The highest BCUT2D eigenvalue weighted by Gasteiger charge is 2.40. The van der Waals surface area contributed by atoms with Gasteiger partial charge in [-0.05, 0) is 43.1 Å². The lowest BCUT2D eigenvalue weighted by Crippen LogP contribution is -2.49. The first kappa shape index (κ1) is 17.9. The molecular weight excluding hydrogens is 314 g/mol. The van der Waals surface area contributed by atoms with Crippen molar-refractivity contribution in [1.82, 2.24) is 10.6 Å². The monoisotopic (exact) mass is 343 g/mol. The lowest BCUT2D eigenvalue weighted by Gasteiger charge is -2.43. The first-order chi connectivity index (χ1) is 12.1. The van der Waals surface area contributed by atoms with Crippen molar-refractivity contribution in [2.24, 2.45) is 23.5 Å². The van der Waals surface area contributed by atoms with Crippen molar-refractivity contribution in [3.8, 4) is 0 Å². The summed E-state index contributed by atoms with van der Waals surface area (Å²) in [5.74, 6) is 1.13. The molecule has 0 radical (unpaired) electrons. The number of benzene rings is 1. The molecule has 2 unspecified atom stereocenters. The van der Waals surface area contributed by atoms with Crippen LogP contribution in [0.1, 0.15) is 44.1 Å². The van der Waals surface area contributed by atoms with Gasteiger partial charge in [0.2, 0.25) is 11.8 Å². The summed E-state index contributed by atoms with van der Waals surface area (Å²) in [6.45, 7) is 0.925. The fourth-order valence-corrected chi connectivity index (χ4v) is 4.33. The first-order valence-electron chi connectivity index (χ1n) is 9.47. The topological polar surface area (TPSA) is 84.2 Å². The standard InChI is InChI=1S/C20H29N3O2/c21-19-15-7-4-8-16(19)12-17(11-15)20(25)22-10-9-18(24)23-13-14-5-2-1-3-6-14/h1-3,5-6,15-17,19H,4,7-13,21H2,(H,22,25)(H,23,24). The fourth-order valence-electron chi connectivity index (χ4n) is 4.33. The summed E-state index contributed by atoms with van der Waals surface area (Å²) in [5.41, 5.74) is 7.36. The fraction of sp³-hybridized carbons (Fsp3) is 0.600. The summed E-state index contributed by atoms with van der Waals surface area (Å²) < 4.78 is 0. The molecular formula is C20H29N3O2. The Bertz CT molecular complexity index is 576. The Kier molecular flexibility index (Phi) is 6.08. The van der Waals surface area contributed by atoms with E-state index in [1.165, 1.54) is 6.42 Å². The Morgan fingerprint density at radius 2 is 1.72 bits per heavy atom. The van der Waals surface area contributed by atoms with Gasteiger partial charge in [0.25, 0.3) is 0 Å². The van der Waals surface area contributed by atoms with E-state index >= 15 is 0 Å². The Morgan fingerprint density at radius 1 is 1.04 bits per heavy atom. The smallest absolute Gasteiger partial charge is 0.223 e. The van der Waals surface area contributed by atoms with E-state index in [1.807, 2.05) is 30.3 Å². The molecule has 1 aromatic rings. The zero-order valence-corrected chi connectivity index (χ0v) is 14.7. The van der Waals surface area contributed by atoms with Crippen molar-refractivity contribution < 1.29 is 9.59 Å². The van der Waals surface area contributed by atoms with Gasteiger partial charge in [-0.1, -0.05) is 36.8 Å². The van der Waals surface area contributed by atoms with Gasteiger partial charge in [-0.2, -0.15) is 0 Å². The molecule has 0 saturated heterocycles. The minimum Gasteiger partial charge on any atom is -0.355 e. The average Bonchev–Trinajstić information content (AvgIpc) is 2.60. The molecule has 2 amide bonds. The van der Waals surface area contributed by atoms with Gasteiger partial charge in [0.05, 0.1) is 0 Å². The van der Waals surface area contributed by atoms with E-state index in [-0.39, 0.29) is 23.8 Å². The van der Waals surface area contributed by atoms with Crippen molar-refractivity contribution in [3.05, 3.63) is 35.9 Å². The highest BCUT2D eigenvalue weighted by molar-refractivity contribution is 5.80. The van der Waals surface area contributed by atoms with Gasteiger partial charge in [0.1, 0.15) is 0 Å². The van der Waals surface area contributed by atoms with Crippen LogP contribution in [0, 0.1) is 17.8 Å². The van der Waals surface area contributed by atoms with E-state index in [0.717, 1.165) is 31.2 Å². The molecule has 2 bridgehead atoms. The van der Waals surface area contributed by atoms with E-state index < -0.39 is 0 Å². The summed E-state index contributed by atoms with van der Waals surface area (Å²) in [6, 6.07) is 10.1. The number of rotatable bonds is 6. The number of fused-ring (bicyclic) bond motifs is 2. The summed E-state index contributed by atoms with van der Waals surface area (Å²) >= 11 is 0. The van der Waals surface area contributed by atoms with Crippen molar-refractivity contribution in [2.75, 3.05) is 6.54 Å². The van der Waals surface area contributed by atoms with Crippen LogP contribution in [0.2, 0.25) is 0 Å². The quantitative estimate of drug-likeness (QED) is 0.738. The Labute approximate surface area is 149 Å². The number of hydrogen-bond donors (Lipinski definition) is 3. The van der Waals surface area contributed by atoms with Crippen LogP contribution in [-0.2, 0) is 16.1 Å². The van der Waals surface area contributed by atoms with Gasteiger partial charge < -0.3 is 16.4 Å². The van der Waals surface area contributed by atoms with Crippen LogP contribution in [0.5, 0.6) is 0 Å². The molecule has 0 aliphatic heterocycles. The maximum atomic E-state index is 12.4. The van der Waals surface area contributed by atoms with Crippen LogP contribution in [0.4, 0.5) is 0 Å². The maximum Gasteiger partial charge on any atom is 0.223 e. The van der Waals surface area contributed by atoms with E-state index in [1.54, 1.807) is 0 Å². The highest BCUT2D eigenvalue weighted by Crippen LogP contribution is 2.41. The normalized spacial score (nSPS) is 28.2. The molecule has 3 rings (SSSR count). The van der Waals surface area contributed by atoms with Gasteiger partial charge in [-0.25, -0.2) is 0 Å². The second-order valence-electron chi connectivity index (χ2n) is 7.50. The molecule has 0 heterocycles. The minimum absolute atomic E-state index is 0.0355. The van der Waals surface area contributed by atoms with Gasteiger partial charge in [0.15, 0.2) is 0 Å². The molecule has 136 valence electrons. The molecule has 2 aliphatic rings.